The molecule has 0 amide bonds. The van der Waals surface area contributed by atoms with Crippen LogP contribution in [0.2, 0.25) is 0 Å². The zero-order valence-corrected chi connectivity index (χ0v) is 6.95. The normalized spacial score (nSPS) is 13.7. The number of alkyl halides is 3. The fraction of sp³-hybridized carbons (Fsp3) is 0.250. The van der Waals surface area contributed by atoms with Gasteiger partial charge in [-0.3, -0.25) is 9.78 Å². The van der Waals surface area contributed by atoms with Crippen molar-refractivity contribution in [2.24, 2.45) is 5.73 Å². The molecule has 1 heterocycles. The third-order valence-electron chi connectivity index (χ3n) is 1.61. The topological polar surface area (TPSA) is 56.0 Å². The predicted molar refractivity (Wildman–Crippen MR) is 42.6 cm³/mol. The first-order valence-corrected chi connectivity index (χ1v) is 3.68. The molecule has 1 aromatic rings. The zero-order valence-electron chi connectivity index (χ0n) is 6.95. The van der Waals surface area contributed by atoms with Gasteiger partial charge < -0.3 is 5.73 Å². The lowest BCUT2D eigenvalue weighted by atomic mass is 10.1. The lowest BCUT2D eigenvalue weighted by Gasteiger charge is -2.14. The Bertz CT molecular complexity index is 338. The van der Waals surface area contributed by atoms with Crippen molar-refractivity contribution >= 4 is 6.29 Å². The minimum absolute atomic E-state index is 0.120. The molecule has 0 saturated heterocycles. The molecule has 0 unspecified atom stereocenters. The molecule has 6 heteroatoms. The summed E-state index contributed by atoms with van der Waals surface area (Å²) >= 11 is 0. The second-order valence-corrected chi connectivity index (χ2v) is 2.65. The van der Waals surface area contributed by atoms with E-state index in [0.29, 0.717) is 6.29 Å². The van der Waals surface area contributed by atoms with Crippen LogP contribution in [0.1, 0.15) is 22.1 Å². The Morgan fingerprint density at radius 2 is 2.14 bits per heavy atom. The third-order valence-corrected chi connectivity index (χ3v) is 1.61. The molecule has 1 rings (SSSR count). The van der Waals surface area contributed by atoms with E-state index in [-0.39, 0.29) is 11.3 Å². The lowest BCUT2D eigenvalue weighted by Crippen LogP contribution is -2.29. The largest absolute Gasteiger partial charge is 0.409 e. The van der Waals surface area contributed by atoms with Crippen LogP contribution in [0.3, 0.4) is 0 Å². The van der Waals surface area contributed by atoms with Gasteiger partial charge in [0.2, 0.25) is 0 Å². The van der Waals surface area contributed by atoms with Crippen LogP contribution in [-0.2, 0) is 0 Å². The summed E-state index contributed by atoms with van der Waals surface area (Å²) in [6, 6.07) is 0.174. The molecule has 0 spiro atoms. The molecule has 2 N–H and O–H groups in total. The van der Waals surface area contributed by atoms with Gasteiger partial charge in [-0.1, -0.05) is 0 Å². The first kappa shape index (κ1) is 10.6. The molecule has 0 aromatic carbocycles. The van der Waals surface area contributed by atoms with E-state index in [4.69, 9.17) is 5.73 Å². The van der Waals surface area contributed by atoms with Crippen LogP contribution < -0.4 is 5.73 Å². The molecule has 1 atom stereocenters. The van der Waals surface area contributed by atoms with Crippen molar-refractivity contribution < 1.29 is 18.0 Å². The molecular weight excluding hydrogens is 197 g/mol. The highest BCUT2D eigenvalue weighted by molar-refractivity contribution is 5.74. The number of halogens is 3. The molecule has 3 nitrogen and oxygen atoms in total. The molecule has 0 fully saturated rings. The maximum absolute atomic E-state index is 12.1. The summed E-state index contributed by atoms with van der Waals surface area (Å²) in [5.41, 5.74) is 4.65. The molecule has 0 aliphatic heterocycles. The molecule has 14 heavy (non-hydrogen) atoms. The maximum Gasteiger partial charge on any atom is 0.409 e. The van der Waals surface area contributed by atoms with Crippen LogP contribution >= 0.6 is 0 Å². The number of carbonyl (C=O) groups excluding carboxylic acids is 1. The molecular formula is C8H7F3N2O. The smallest absolute Gasteiger partial charge is 0.315 e. The van der Waals surface area contributed by atoms with E-state index >= 15 is 0 Å². The van der Waals surface area contributed by atoms with Crippen LogP contribution in [0.15, 0.2) is 18.3 Å². The number of nitrogens with two attached hydrogens (primary N) is 1. The number of pyridine rings is 1. The van der Waals surface area contributed by atoms with E-state index in [1.807, 2.05) is 0 Å². The van der Waals surface area contributed by atoms with Crippen LogP contribution in [0.5, 0.6) is 0 Å². The molecule has 0 radical (unpaired) electrons. The summed E-state index contributed by atoms with van der Waals surface area (Å²) in [7, 11) is 0. The van der Waals surface area contributed by atoms with Gasteiger partial charge in [0.05, 0.1) is 5.69 Å². The Morgan fingerprint density at radius 3 is 2.64 bits per heavy atom. The van der Waals surface area contributed by atoms with Crippen molar-refractivity contribution in [3.05, 3.63) is 29.6 Å². The van der Waals surface area contributed by atoms with E-state index in [1.165, 1.54) is 6.07 Å². The van der Waals surface area contributed by atoms with Gasteiger partial charge in [0.25, 0.3) is 0 Å². The van der Waals surface area contributed by atoms with Gasteiger partial charge in [-0.2, -0.15) is 13.2 Å². The Kier molecular flexibility index (Phi) is 2.85. The van der Waals surface area contributed by atoms with Gasteiger partial charge in [0, 0.05) is 11.8 Å². The first-order chi connectivity index (χ1) is 6.45. The van der Waals surface area contributed by atoms with Gasteiger partial charge in [-0.05, 0) is 12.1 Å². The number of aromatic nitrogens is 1. The summed E-state index contributed by atoms with van der Waals surface area (Å²) in [6.45, 7) is 0. The summed E-state index contributed by atoms with van der Waals surface area (Å²) in [5.74, 6) is 0. The van der Waals surface area contributed by atoms with E-state index in [2.05, 4.69) is 4.98 Å². The van der Waals surface area contributed by atoms with Gasteiger partial charge in [0.1, 0.15) is 12.3 Å². The average molecular weight is 204 g/mol. The Hall–Kier alpha value is -1.43. The second-order valence-electron chi connectivity index (χ2n) is 2.65. The number of hydrogen-bond donors (Lipinski definition) is 1. The van der Waals surface area contributed by atoms with Crippen molar-refractivity contribution in [2.45, 2.75) is 12.2 Å². The van der Waals surface area contributed by atoms with Gasteiger partial charge in [-0.15, -0.1) is 0 Å². The molecule has 76 valence electrons. The highest BCUT2D eigenvalue weighted by Crippen LogP contribution is 2.29. The standard InChI is InChI=1S/C8H7F3N2O/c9-8(10,11)7(12)6-3-5(4-14)1-2-13-6/h1-4,7H,12H2/t7-/m1/s1. The van der Waals surface area contributed by atoms with Crippen molar-refractivity contribution in [1.82, 2.24) is 4.98 Å². The van der Waals surface area contributed by atoms with E-state index < -0.39 is 12.2 Å². The average Bonchev–Trinajstić information content (AvgIpc) is 2.15. The maximum atomic E-state index is 12.1. The van der Waals surface area contributed by atoms with E-state index in [9.17, 15) is 18.0 Å². The number of nitrogens with zero attached hydrogens (tertiary/aromatic N) is 1. The first-order valence-electron chi connectivity index (χ1n) is 3.68. The Morgan fingerprint density at radius 1 is 1.50 bits per heavy atom. The summed E-state index contributed by atoms with van der Waals surface area (Å²) < 4.78 is 36.4. The van der Waals surface area contributed by atoms with Crippen LogP contribution in [0.25, 0.3) is 0 Å². The van der Waals surface area contributed by atoms with Crippen molar-refractivity contribution in [3.63, 3.8) is 0 Å². The van der Waals surface area contributed by atoms with Gasteiger partial charge >= 0.3 is 6.18 Å². The molecule has 0 aliphatic carbocycles. The predicted octanol–water partition coefficient (Wildman–Crippen LogP) is 1.46. The van der Waals surface area contributed by atoms with Gasteiger partial charge in [0.15, 0.2) is 0 Å². The SMILES string of the molecule is N[C@H](c1cc(C=O)ccn1)C(F)(F)F. The van der Waals surface area contributed by atoms with Crippen LogP contribution in [-0.4, -0.2) is 17.4 Å². The Labute approximate surface area is 77.7 Å². The molecule has 0 saturated carbocycles. The van der Waals surface area contributed by atoms with Gasteiger partial charge in [-0.25, -0.2) is 0 Å². The summed E-state index contributed by atoms with van der Waals surface area (Å²) in [5, 5.41) is 0. The van der Waals surface area contributed by atoms with Crippen LogP contribution in [0.4, 0.5) is 13.2 Å². The highest BCUT2D eigenvalue weighted by atomic mass is 19.4. The summed E-state index contributed by atoms with van der Waals surface area (Å²) in [6.07, 6.45) is -2.99. The molecule has 1 aromatic heterocycles. The van der Waals surface area contributed by atoms with Crippen molar-refractivity contribution in [3.8, 4) is 0 Å². The minimum atomic E-state index is -4.55. The third kappa shape index (κ3) is 2.29. The van der Waals surface area contributed by atoms with E-state index in [0.717, 1.165) is 12.3 Å². The number of hydrogen-bond acceptors (Lipinski definition) is 3. The second kappa shape index (κ2) is 3.75. The van der Waals surface area contributed by atoms with E-state index in [1.54, 1.807) is 0 Å². The summed E-state index contributed by atoms with van der Waals surface area (Å²) in [4.78, 5) is 13.7. The van der Waals surface area contributed by atoms with Crippen molar-refractivity contribution in [2.75, 3.05) is 0 Å². The molecule has 0 bridgehead atoms. The number of aldehydes is 1. The molecule has 0 aliphatic rings. The fourth-order valence-electron chi connectivity index (χ4n) is 0.877. The fourth-order valence-corrected chi connectivity index (χ4v) is 0.877. The van der Waals surface area contributed by atoms with Crippen LogP contribution in [0, 0.1) is 0 Å². The highest BCUT2D eigenvalue weighted by Gasteiger charge is 2.38. The van der Waals surface area contributed by atoms with Crippen molar-refractivity contribution in [1.29, 1.82) is 0 Å². The Balaban J connectivity index is 3.01. The number of rotatable bonds is 2. The minimum Gasteiger partial charge on any atom is -0.315 e. The quantitative estimate of drug-likeness (QED) is 0.742. The monoisotopic (exact) mass is 204 g/mol. The number of carbonyl (C=O) groups is 1. The zero-order chi connectivity index (χ0) is 10.8. The lowest BCUT2D eigenvalue weighted by molar-refractivity contribution is -0.150.